The fraction of sp³-hybridized carbons (Fsp3) is 0.500. The highest BCUT2D eigenvalue weighted by Gasteiger charge is 2.34. The molecular weight excluding hydrogens is 529 g/mol. The molecule has 1 saturated heterocycles. The number of nitrogens with one attached hydrogen (secondary N) is 2. The van der Waals surface area contributed by atoms with E-state index in [1.165, 1.54) is 11.1 Å². The van der Waals surface area contributed by atoms with Crippen molar-refractivity contribution in [2.45, 2.75) is 38.6 Å². The van der Waals surface area contributed by atoms with Gasteiger partial charge >= 0.3 is 0 Å². The van der Waals surface area contributed by atoms with E-state index in [1.807, 2.05) is 0 Å². The molecule has 33 heavy (non-hydrogen) atoms. The van der Waals surface area contributed by atoms with Crippen molar-refractivity contribution in [3.63, 3.8) is 0 Å². The minimum absolute atomic E-state index is 0. The van der Waals surface area contributed by atoms with Crippen LogP contribution in [0.15, 0.2) is 53.5 Å². The van der Waals surface area contributed by atoms with Crippen molar-refractivity contribution in [1.82, 2.24) is 10.6 Å². The van der Waals surface area contributed by atoms with Crippen molar-refractivity contribution in [3.8, 4) is 5.75 Å². The SMILES string of the molecule is CCNC(=NCc1ccc(C)cc1OCCOC)NCC1(c2ccccc2)CCOCC1.I. The van der Waals surface area contributed by atoms with Gasteiger partial charge in [0.1, 0.15) is 12.4 Å². The van der Waals surface area contributed by atoms with Crippen LogP contribution < -0.4 is 15.4 Å². The molecule has 0 aromatic heterocycles. The fourth-order valence-corrected chi connectivity index (χ4v) is 4.04. The Balaban J connectivity index is 0.00000385. The predicted molar refractivity (Wildman–Crippen MR) is 145 cm³/mol. The molecule has 1 fully saturated rings. The minimum atomic E-state index is 0. The molecule has 0 amide bonds. The molecule has 1 aliphatic heterocycles. The van der Waals surface area contributed by atoms with Gasteiger partial charge < -0.3 is 24.8 Å². The van der Waals surface area contributed by atoms with E-state index >= 15 is 0 Å². The first-order valence-corrected chi connectivity index (χ1v) is 11.5. The van der Waals surface area contributed by atoms with Crippen molar-refractivity contribution in [2.24, 2.45) is 4.99 Å². The highest BCUT2D eigenvalue weighted by Crippen LogP contribution is 2.34. The Morgan fingerprint density at radius 2 is 1.82 bits per heavy atom. The lowest BCUT2D eigenvalue weighted by atomic mass is 9.74. The Morgan fingerprint density at radius 1 is 1.06 bits per heavy atom. The molecule has 3 rings (SSSR count). The second-order valence-electron chi connectivity index (χ2n) is 8.26. The lowest BCUT2D eigenvalue weighted by Crippen LogP contribution is -2.48. The van der Waals surface area contributed by atoms with Gasteiger partial charge in [0.05, 0.1) is 13.2 Å². The maximum absolute atomic E-state index is 5.93. The zero-order chi connectivity index (χ0) is 22.7. The number of methoxy groups -OCH3 is 1. The summed E-state index contributed by atoms with van der Waals surface area (Å²) in [4.78, 5) is 4.86. The maximum atomic E-state index is 5.93. The Hall–Kier alpha value is -1.84. The van der Waals surface area contributed by atoms with Crippen LogP contribution in [0, 0.1) is 6.92 Å². The quantitative estimate of drug-likeness (QED) is 0.193. The van der Waals surface area contributed by atoms with Crippen molar-refractivity contribution >= 4 is 29.9 Å². The molecule has 0 atom stereocenters. The molecule has 2 N–H and O–H groups in total. The smallest absolute Gasteiger partial charge is 0.191 e. The Kier molecular flexibility index (Phi) is 12.0. The summed E-state index contributed by atoms with van der Waals surface area (Å²) in [6.07, 6.45) is 2.00. The van der Waals surface area contributed by atoms with Gasteiger partial charge in [-0.25, -0.2) is 4.99 Å². The molecule has 1 aliphatic rings. The number of aryl methyl sites for hydroxylation is 1. The highest BCUT2D eigenvalue weighted by atomic mass is 127. The average molecular weight is 568 g/mol. The van der Waals surface area contributed by atoms with Gasteiger partial charge in [-0.3, -0.25) is 0 Å². The van der Waals surface area contributed by atoms with Crippen molar-refractivity contribution in [1.29, 1.82) is 0 Å². The second kappa shape index (κ2) is 14.4. The van der Waals surface area contributed by atoms with E-state index in [0.717, 1.165) is 56.4 Å². The number of benzene rings is 2. The van der Waals surface area contributed by atoms with Crippen LogP contribution in [0.1, 0.15) is 36.5 Å². The van der Waals surface area contributed by atoms with Gasteiger partial charge in [0.2, 0.25) is 0 Å². The first kappa shape index (κ1) is 27.4. The van der Waals surface area contributed by atoms with Gasteiger partial charge in [-0.1, -0.05) is 42.5 Å². The van der Waals surface area contributed by atoms with E-state index < -0.39 is 0 Å². The highest BCUT2D eigenvalue weighted by molar-refractivity contribution is 14.0. The van der Waals surface area contributed by atoms with Gasteiger partial charge in [-0.15, -0.1) is 24.0 Å². The van der Waals surface area contributed by atoms with Gasteiger partial charge in [-0.2, -0.15) is 0 Å². The Morgan fingerprint density at radius 3 is 2.52 bits per heavy atom. The zero-order valence-electron chi connectivity index (χ0n) is 20.1. The molecule has 6 nitrogen and oxygen atoms in total. The van der Waals surface area contributed by atoms with E-state index in [-0.39, 0.29) is 29.4 Å². The first-order valence-electron chi connectivity index (χ1n) is 11.5. The number of rotatable bonds is 10. The van der Waals surface area contributed by atoms with Crippen molar-refractivity contribution in [3.05, 3.63) is 65.2 Å². The molecule has 0 radical (unpaired) electrons. The molecule has 2 aromatic rings. The summed E-state index contributed by atoms with van der Waals surface area (Å²) < 4.78 is 16.7. The van der Waals surface area contributed by atoms with E-state index in [4.69, 9.17) is 19.2 Å². The predicted octanol–water partition coefficient (Wildman–Crippen LogP) is 4.44. The molecule has 0 bridgehead atoms. The number of aliphatic imine (C=N–C) groups is 1. The van der Waals surface area contributed by atoms with E-state index in [0.29, 0.717) is 19.8 Å². The number of ether oxygens (including phenoxy) is 3. The summed E-state index contributed by atoms with van der Waals surface area (Å²) in [5.41, 5.74) is 3.64. The Labute approximate surface area is 215 Å². The van der Waals surface area contributed by atoms with Crippen LogP contribution in [-0.4, -0.2) is 52.6 Å². The molecule has 182 valence electrons. The average Bonchev–Trinajstić information content (AvgIpc) is 2.83. The third-order valence-electron chi connectivity index (χ3n) is 5.95. The summed E-state index contributed by atoms with van der Waals surface area (Å²) >= 11 is 0. The van der Waals surface area contributed by atoms with E-state index in [9.17, 15) is 0 Å². The Bertz CT molecular complexity index is 855. The van der Waals surface area contributed by atoms with Gasteiger partial charge in [0.15, 0.2) is 5.96 Å². The van der Waals surface area contributed by atoms with Crippen LogP contribution in [0.25, 0.3) is 0 Å². The summed E-state index contributed by atoms with van der Waals surface area (Å²) in [5, 5.41) is 7.00. The second-order valence-corrected chi connectivity index (χ2v) is 8.26. The molecule has 0 spiro atoms. The molecule has 1 heterocycles. The molecule has 7 heteroatoms. The molecular formula is C26H38IN3O3. The number of halogens is 1. The number of nitrogens with zero attached hydrogens (tertiary/aromatic N) is 1. The normalized spacial score (nSPS) is 15.4. The minimum Gasteiger partial charge on any atom is -0.491 e. The van der Waals surface area contributed by atoms with Crippen LogP contribution >= 0.6 is 24.0 Å². The van der Waals surface area contributed by atoms with Gasteiger partial charge in [-0.05, 0) is 43.9 Å². The lowest BCUT2D eigenvalue weighted by Gasteiger charge is -2.38. The van der Waals surface area contributed by atoms with Crippen molar-refractivity contribution in [2.75, 3.05) is 46.6 Å². The van der Waals surface area contributed by atoms with Crippen LogP contribution in [0.2, 0.25) is 0 Å². The van der Waals surface area contributed by atoms with Gasteiger partial charge in [0.25, 0.3) is 0 Å². The number of guanidine groups is 1. The van der Waals surface area contributed by atoms with Crippen LogP contribution in [0.4, 0.5) is 0 Å². The topological polar surface area (TPSA) is 64.1 Å². The summed E-state index contributed by atoms with van der Waals surface area (Å²) in [6, 6.07) is 17.0. The van der Waals surface area contributed by atoms with Crippen LogP contribution in [0.3, 0.4) is 0 Å². The third-order valence-corrected chi connectivity index (χ3v) is 5.95. The largest absolute Gasteiger partial charge is 0.491 e. The van der Waals surface area contributed by atoms with Crippen LogP contribution in [-0.2, 0) is 21.4 Å². The maximum Gasteiger partial charge on any atom is 0.191 e. The molecule has 0 aliphatic carbocycles. The van der Waals surface area contributed by atoms with E-state index in [1.54, 1.807) is 7.11 Å². The molecule has 0 saturated carbocycles. The molecule has 2 aromatic carbocycles. The first-order chi connectivity index (χ1) is 15.7. The molecule has 0 unspecified atom stereocenters. The van der Waals surface area contributed by atoms with E-state index in [2.05, 4.69) is 73.0 Å². The summed E-state index contributed by atoms with van der Waals surface area (Å²) in [6.45, 7) is 8.98. The third kappa shape index (κ3) is 8.15. The summed E-state index contributed by atoms with van der Waals surface area (Å²) in [7, 11) is 1.68. The van der Waals surface area contributed by atoms with Crippen LogP contribution in [0.5, 0.6) is 5.75 Å². The number of hydrogen-bond donors (Lipinski definition) is 2. The lowest BCUT2D eigenvalue weighted by molar-refractivity contribution is 0.0514. The zero-order valence-corrected chi connectivity index (χ0v) is 22.4. The number of hydrogen-bond acceptors (Lipinski definition) is 4. The summed E-state index contributed by atoms with van der Waals surface area (Å²) in [5.74, 6) is 1.68. The van der Waals surface area contributed by atoms with Gasteiger partial charge in [0, 0.05) is 44.4 Å². The monoisotopic (exact) mass is 567 g/mol. The fourth-order valence-electron chi connectivity index (χ4n) is 4.04. The standard InChI is InChI=1S/C26H37N3O3.HI/c1-4-27-25(28-19-22-11-10-21(2)18-24(22)32-17-16-30-3)29-20-26(12-14-31-15-13-26)23-8-6-5-7-9-23;/h5-11,18H,4,12-17,19-20H2,1-3H3,(H2,27,28,29);1H. The van der Waals surface area contributed by atoms with Crippen molar-refractivity contribution < 1.29 is 14.2 Å².